The molecular weight excluding hydrogens is 605 g/mol. The van der Waals surface area contributed by atoms with Gasteiger partial charge < -0.3 is 38.3 Å². The van der Waals surface area contributed by atoms with E-state index in [9.17, 15) is 14.4 Å². The monoisotopic (exact) mass is 630 g/mol. The second-order valence-corrected chi connectivity index (χ2v) is 10.2. The number of thiol groups is 4. The van der Waals surface area contributed by atoms with Crippen LogP contribution in [0.25, 0.3) is 11.1 Å². The van der Waals surface area contributed by atoms with Gasteiger partial charge >= 0.3 is 17.9 Å². The molecule has 10 nitrogen and oxygen atoms in total. The van der Waals surface area contributed by atoms with E-state index in [4.69, 9.17) is 38.3 Å². The molecule has 0 aliphatic heterocycles. The van der Waals surface area contributed by atoms with Crippen LogP contribution in [0.3, 0.4) is 0 Å². The second kappa shape index (κ2) is 14.5. The summed E-state index contributed by atoms with van der Waals surface area (Å²) in [5, 5.41) is 25.8. The molecule has 214 valence electrons. The molecule has 0 saturated heterocycles. The van der Waals surface area contributed by atoms with Gasteiger partial charge in [-0.2, -0.15) is 0 Å². The number of benzene rings is 4. The van der Waals surface area contributed by atoms with Crippen molar-refractivity contribution in [1.82, 2.24) is 0 Å². The number of carbonyl (C=O) groups is 3. The molecule has 0 aromatic heterocycles. The van der Waals surface area contributed by atoms with Crippen LogP contribution in [0.2, 0.25) is 0 Å². The molecule has 14 heteroatoms. The number of rotatable bonds is 4. The van der Waals surface area contributed by atoms with Crippen LogP contribution in [-0.2, 0) is 0 Å². The predicted molar refractivity (Wildman–Crippen MR) is 172 cm³/mol. The third kappa shape index (κ3) is 9.49. The van der Waals surface area contributed by atoms with E-state index in [1.807, 2.05) is 36.4 Å². The first-order valence-electron chi connectivity index (χ1n) is 11.2. The molecule has 0 heterocycles. The molecule has 0 bridgehead atoms. The van der Waals surface area contributed by atoms with Crippen molar-refractivity contribution in [2.75, 3.05) is 22.9 Å². The van der Waals surface area contributed by atoms with E-state index in [1.54, 1.807) is 12.1 Å². The molecular formula is C27H26N4O6S4. The molecule has 4 rings (SSSR count). The van der Waals surface area contributed by atoms with Crippen molar-refractivity contribution in [2.45, 2.75) is 19.6 Å². The van der Waals surface area contributed by atoms with E-state index in [-0.39, 0.29) is 16.7 Å². The molecule has 0 spiro atoms. The maximum Gasteiger partial charge on any atom is 0.335 e. The summed E-state index contributed by atoms with van der Waals surface area (Å²) in [5.41, 5.74) is 26.0. The Morgan fingerprint density at radius 1 is 0.439 bits per heavy atom. The van der Waals surface area contributed by atoms with E-state index >= 15 is 0 Å². The van der Waals surface area contributed by atoms with Gasteiger partial charge in [0.15, 0.2) is 0 Å². The summed E-state index contributed by atoms with van der Waals surface area (Å²) in [5.74, 6) is -4.12. The summed E-state index contributed by atoms with van der Waals surface area (Å²) >= 11 is 16.7. The van der Waals surface area contributed by atoms with Crippen molar-refractivity contribution in [1.29, 1.82) is 0 Å². The van der Waals surface area contributed by atoms with Crippen LogP contribution in [0.15, 0.2) is 86.3 Å². The third-order valence-corrected chi connectivity index (χ3v) is 6.79. The summed E-state index contributed by atoms with van der Waals surface area (Å²) in [7, 11) is 0. The van der Waals surface area contributed by atoms with Crippen molar-refractivity contribution in [2.24, 2.45) is 0 Å². The molecule has 0 radical (unpaired) electrons. The molecule has 0 aliphatic carbocycles. The Morgan fingerprint density at radius 3 is 0.951 bits per heavy atom. The van der Waals surface area contributed by atoms with Crippen molar-refractivity contribution in [3.05, 3.63) is 83.4 Å². The van der Waals surface area contributed by atoms with Gasteiger partial charge in [0, 0.05) is 42.3 Å². The number of nitrogens with two attached hydrogens (primary N) is 4. The number of hydrogen-bond acceptors (Lipinski definition) is 11. The Morgan fingerprint density at radius 2 is 0.707 bits per heavy atom. The van der Waals surface area contributed by atoms with Gasteiger partial charge in [0.25, 0.3) is 0 Å². The fraction of sp³-hybridized carbons (Fsp3) is 0. The highest BCUT2D eigenvalue weighted by Crippen LogP contribution is 2.29. The predicted octanol–water partition coefficient (Wildman–Crippen LogP) is 5.31. The standard InChI is InChI=1S/C12H12N2S2.C9H6O6.C6H8N2S2/c13-9-3-1-7(5-11(9)15)8-2-4-10(14)12(16)6-8;10-7(11)4-1-5(8(12)13)3-6(2-4)9(14)15;7-3-1-5(9)4(8)2-6(3)10/h1-6,15-16H,13-14H2;1-3H,(H,10,11)(H,12,13)(H,14,15);1-2,9-10H,7-8H2. The first-order chi connectivity index (χ1) is 19.1. The number of carboxylic acids is 3. The highest BCUT2D eigenvalue weighted by atomic mass is 32.1. The van der Waals surface area contributed by atoms with E-state index in [2.05, 4.69) is 50.5 Å². The molecule has 0 atom stereocenters. The summed E-state index contributed by atoms with van der Waals surface area (Å²) < 4.78 is 0. The Kier molecular flexibility index (Phi) is 11.7. The minimum absolute atomic E-state index is 0.368. The smallest absolute Gasteiger partial charge is 0.335 e. The summed E-state index contributed by atoms with van der Waals surface area (Å²) in [6, 6.07) is 17.5. The van der Waals surface area contributed by atoms with Crippen molar-refractivity contribution >= 4 is 91.2 Å². The number of nitrogen functional groups attached to an aromatic ring is 4. The van der Waals surface area contributed by atoms with Gasteiger partial charge in [-0.3, -0.25) is 0 Å². The zero-order valence-electron chi connectivity index (χ0n) is 21.0. The van der Waals surface area contributed by atoms with Crippen molar-refractivity contribution in [3.8, 4) is 11.1 Å². The van der Waals surface area contributed by atoms with Gasteiger partial charge in [-0.15, -0.1) is 50.5 Å². The van der Waals surface area contributed by atoms with Gasteiger partial charge in [0.1, 0.15) is 0 Å². The second-order valence-electron chi connectivity index (χ2n) is 8.23. The molecule has 0 amide bonds. The lowest BCUT2D eigenvalue weighted by Crippen LogP contribution is -2.07. The topological polar surface area (TPSA) is 216 Å². The molecule has 0 saturated carbocycles. The Hall–Kier alpha value is -4.11. The summed E-state index contributed by atoms with van der Waals surface area (Å²) in [4.78, 5) is 34.6. The highest BCUT2D eigenvalue weighted by molar-refractivity contribution is 7.81. The quantitative estimate of drug-likeness (QED) is 0.103. The van der Waals surface area contributed by atoms with Crippen LogP contribution in [0, 0.1) is 0 Å². The maximum absolute atomic E-state index is 10.6. The number of anilines is 4. The maximum atomic E-state index is 10.6. The van der Waals surface area contributed by atoms with E-state index in [0.29, 0.717) is 32.5 Å². The largest absolute Gasteiger partial charge is 0.478 e. The average molecular weight is 631 g/mol. The fourth-order valence-electron chi connectivity index (χ4n) is 3.05. The summed E-state index contributed by atoms with van der Waals surface area (Å²) in [6.07, 6.45) is 0. The summed E-state index contributed by atoms with van der Waals surface area (Å²) in [6.45, 7) is 0. The number of hydrogen-bond donors (Lipinski definition) is 11. The van der Waals surface area contributed by atoms with E-state index in [1.165, 1.54) is 0 Å². The van der Waals surface area contributed by atoms with Crippen LogP contribution >= 0.6 is 50.5 Å². The fourth-order valence-corrected chi connectivity index (χ4v) is 3.89. The lowest BCUT2D eigenvalue weighted by atomic mass is 10.1. The molecule has 0 aliphatic rings. The minimum Gasteiger partial charge on any atom is -0.478 e. The molecule has 11 N–H and O–H groups in total. The van der Waals surface area contributed by atoms with Gasteiger partial charge in [-0.05, 0) is 65.7 Å². The van der Waals surface area contributed by atoms with Crippen LogP contribution in [0.4, 0.5) is 22.7 Å². The number of aromatic carboxylic acids is 3. The lowest BCUT2D eigenvalue weighted by molar-refractivity contribution is 0.0696. The first kappa shape index (κ1) is 33.1. The van der Waals surface area contributed by atoms with Gasteiger partial charge in [0.2, 0.25) is 0 Å². The Bertz CT molecular complexity index is 1450. The zero-order valence-corrected chi connectivity index (χ0v) is 24.6. The normalized spacial score (nSPS) is 9.95. The molecule has 0 unspecified atom stereocenters. The minimum atomic E-state index is -1.37. The van der Waals surface area contributed by atoms with Crippen molar-refractivity contribution in [3.63, 3.8) is 0 Å². The SMILES string of the molecule is Nc1cc(S)c(N)cc1S.Nc1ccc(-c2ccc(N)c(S)c2)cc1S.O=C(O)c1cc(C(=O)O)cc(C(=O)O)c1. The van der Waals surface area contributed by atoms with Crippen LogP contribution in [-0.4, -0.2) is 33.2 Å². The van der Waals surface area contributed by atoms with Crippen LogP contribution in [0.1, 0.15) is 31.1 Å². The average Bonchev–Trinajstić information content (AvgIpc) is 2.91. The Labute approximate surface area is 257 Å². The van der Waals surface area contributed by atoms with Gasteiger partial charge in [-0.1, -0.05) is 12.1 Å². The highest BCUT2D eigenvalue weighted by Gasteiger charge is 2.14. The molecule has 4 aromatic carbocycles. The van der Waals surface area contributed by atoms with E-state index in [0.717, 1.165) is 39.1 Å². The molecule has 4 aromatic rings. The molecule has 0 fully saturated rings. The number of carboxylic acid groups (broad SMARTS) is 3. The van der Waals surface area contributed by atoms with Crippen molar-refractivity contribution < 1.29 is 29.7 Å². The molecule has 41 heavy (non-hydrogen) atoms. The van der Waals surface area contributed by atoms with Gasteiger partial charge in [-0.25, -0.2) is 14.4 Å². The lowest BCUT2D eigenvalue weighted by Gasteiger charge is -2.07. The first-order valence-corrected chi connectivity index (χ1v) is 13.0. The van der Waals surface area contributed by atoms with Gasteiger partial charge in [0.05, 0.1) is 16.7 Å². The van der Waals surface area contributed by atoms with Crippen LogP contribution < -0.4 is 22.9 Å². The zero-order chi connectivity index (χ0) is 31.0. The third-order valence-electron chi connectivity index (χ3n) is 5.24. The van der Waals surface area contributed by atoms with Crippen LogP contribution in [0.5, 0.6) is 0 Å². The Balaban J connectivity index is 0.000000221. The van der Waals surface area contributed by atoms with E-state index < -0.39 is 17.9 Å².